The van der Waals surface area contributed by atoms with E-state index >= 15 is 0 Å². The number of rotatable bonds is 9. The van der Waals surface area contributed by atoms with E-state index in [1.165, 1.54) is 0 Å². The highest BCUT2D eigenvalue weighted by molar-refractivity contribution is 8.16. The lowest BCUT2D eigenvalue weighted by Gasteiger charge is -2.18. The van der Waals surface area contributed by atoms with Gasteiger partial charge in [0, 0.05) is 17.9 Å². The lowest BCUT2D eigenvalue weighted by atomic mass is 9.97. The first-order valence-electron chi connectivity index (χ1n) is 7.38. The summed E-state index contributed by atoms with van der Waals surface area (Å²) in [5, 5.41) is 13.4. The molecule has 0 radical (unpaired) electrons. The number of carbonyl (C=O) groups is 2. The van der Waals surface area contributed by atoms with Crippen molar-refractivity contribution in [3.8, 4) is 0 Å². The lowest BCUT2D eigenvalue weighted by molar-refractivity contribution is -0.118. The molecule has 1 aliphatic heterocycles. The Labute approximate surface area is 140 Å². The number of thioether (sulfide) groups is 1. The molecule has 0 aromatic heterocycles. The van der Waals surface area contributed by atoms with Gasteiger partial charge in [0.05, 0.1) is 4.75 Å². The van der Waals surface area contributed by atoms with Crippen molar-refractivity contribution in [2.75, 3.05) is 6.54 Å². The predicted octanol–water partition coefficient (Wildman–Crippen LogP) is 4.40. The molecule has 0 aromatic rings. The van der Waals surface area contributed by atoms with Crippen LogP contribution in [0.25, 0.3) is 10.4 Å². The molecular formula is C16H21N3O3S. The zero-order valence-electron chi connectivity index (χ0n) is 13.4. The third-order valence-corrected chi connectivity index (χ3v) is 4.67. The summed E-state index contributed by atoms with van der Waals surface area (Å²) in [6.45, 7) is 7.57. The predicted molar refractivity (Wildman–Crippen MR) is 92.1 cm³/mol. The normalized spacial score (nSPS) is 21.3. The minimum atomic E-state index is -0.915. The van der Waals surface area contributed by atoms with Crippen molar-refractivity contribution >= 4 is 22.7 Å². The van der Waals surface area contributed by atoms with Gasteiger partial charge in [0.2, 0.25) is 5.12 Å². The number of ketones is 1. The fourth-order valence-corrected chi connectivity index (χ4v) is 3.43. The Morgan fingerprint density at radius 3 is 2.78 bits per heavy atom. The molecule has 1 N–H and O–H groups in total. The molecule has 0 aromatic carbocycles. The first kappa shape index (κ1) is 19.1. The Balaban J connectivity index is 2.75. The van der Waals surface area contributed by atoms with Crippen LogP contribution in [0.2, 0.25) is 0 Å². The summed E-state index contributed by atoms with van der Waals surface area (Å²) in [5.74, 6) is -0.509. The van der Waals surface area contributed by atoms with Crippen LogP contribution < -0.4 is 0 Å². The van der Waals surface area contributed by atoms with Crippen LogP contribution in [0.3, 0.4) is 0 Å². The number of nitrogens with zero attached hydrogens (tertiary/aromatic N) is 3. The summed E-state index contributed by atoms with van der Waals surface area (Å²) >= 11 is 0.943. The molecule has 0 saturated carbocycles. The van der Waals surface area contributed by atoms with Gasteiger partial charge in [-0.1, -0.05) is 47.6 Å². The van der Waals surface area contributed by atoms with Gasteiger partial charge in [0.15, 0.2) is 5.78 Å². The maximum Gasteiger partial charge on any atom is 0.227 e. The van der Waals surface area contributed by atoms with Crippen molar-refractivity contribution in [3.05, 3.63) is 46.1 Å². The molecule has 0 fully saturated rings. The van der Waals surface area contributed by atoms with Gasteiger partial charge < -0.3 is 5.11 Å². The Morgan fingerprint density at radius 1 is 1.48 bits per heavy atom. The first-order valence-corrected chi connectivity index (χ1v) is 8.20. The molecule has 0 aliphatic carbocycles. The van der Waals surface area contributed by atoms with Crippen molar-refractivity contribution in [1.82, 2.24) is 0 Å². The summed E-state index contributed by atoms with van der Waals surface area (Å²) in [6.07, 6.45) is 5.58. The van der Waals surface area contributed by atoms with Crippen LogP contribution in [-0.2, 0) is 9.59 Å². The van der Waals surface area contributed by atoms with Crippen LogP contribution in [0.4, 0.5) is 0 Å². The van der Waals surface area contributed by atoms with Crippen molar-refractivity contribution in [2.45, 2.75) is 44.3 Å². The number of hydrogen-bond acceptors (Lipinski definition) is 5. The van der Waals surface area contributed by atoms with E-state index in [1.54, 1.807) is 19.1 Å². The van der Waals surface area contributed by atoms with Gasteiger partial charge in [-0.2, -0.15) is 0 Å². The number of aliphatic hydroxyl groups is 1. The van der Waals surface area contributed by atoms with Gasteiger partial charge >= 0.3 is 0 Å². The van der Waals surface area contributed by atoms with E-state index in [2.05, 4.69) is 16.6 Å². The monoisotopic (exact) mass is 335 g/mol. The van der Waals surface area contributed by atoms with Gasteiger partial charge in [-0.15, -0.1) is 0 Å². The van der Waals surface area contributed by atoms with E-state index in [1.807, 2.05) is 6.92 Å². The van der Waals surface area contributed by atoms with E-state index in [0.29, 0.717) is 19.4 Å². The SMILES string of the molecule is C=C/C(C)=C/[C@@]1(C)SC(=O)C(C(=O)CCCCCN=[N+]=[N-])=C1O. The molecule has 1 heterocycles. The van der Waals surface area contributed by atoms with Crippen LogP contribution >= 0.6 is 11.8 Å². The van der Waals surface area contributed by atoms with Crippen LogP contribution in [-0.4, -0.2) is 27.3 Å². The number of hydrogen-bond donors (Lipinski definition) is 1. The molecular weight excluding hydrogens is 314 g/mol. The Kier molecular flexibility index (Phi) is 7.13. The Morgan fingerprint density at radius 2 is 2.17 bits per heavy atom. The minimum absolute atomic E-state index is 0.0966. The average molecular weight is 335 g/mol. The van der Waals surface area contributed by atoms with Crippen molar-refractivity contribution in [2.24, 2.45) is 5.11 Å². The summed E-state index contributed by atoms with van der Waals surface area (Å²) < 4.78 is -0.915. The molecule has 23 heavy (non-hydrogen) atoms. The van der Waals surface area contributed by atoms with Crippen LogP contribution in [0.15, 0.2) is 40.8 Å². The summed E-state index contributed by atoms with van der Waals surface area (Å²) in [4.78, 5) is 27.0. The van der Waals surface area contributed by atoms with E-state index in [-0.39, 0.29) is 23.5 Å². The molecule has 0 unspecified atom stereocenters. The topological polar surface area (TPSA) is 103 Å². The second-order valence-electron chi connectivity index (χ2n) is 5.50. The van der Waals surface area contributed by atoms with Crippen molar-refractivity contribution in [1.29, 1.82) is 0 Å². The summed E-state index contributed by atoms with van der Waals surface area (Å²) in [5.41, 5.74) is 8.89. The molecule has 1 rings (SSSR count). The Bertz CT molecular complexity index is 618. The largest absolute Gasteiger partial charge is 0.510 e. The smallest absolute Gasteiger partial charge is 0.227 e. The number of Topliss-reactive ketones (excluding diaryl/α,β-unsaturated/α-hetero) is 1. The molecule has 6 nitrogen and oxygen atoms in total. The number of azide groups is 1. The van der Waals surface area contributed by atoms with E-state index in [0.717, 1.165) is 23.8 Å². The van der Waals surface area contributed by atoms with Gasteiger partial charge in [0.1, 0.15) is 11.3 Å². The maximum atomic E-state index is 12.2. The molecule has 0 amide bonds. The van der Waals surface area contributed by atoms with E-state index < -0.39 is 9.86 Å². The highest BCUT2D eigenvalue weighted by atomic mass is 32.2. The zero-order valence-corrected chi connectivity index (χ0v) is 14.2. The van der Waals surface area contributed by atoms with Gasteiger partial charge in [-0.05, 0) is 32.2 Å². The highest BCUT2D eigenvalue weighted by Crippen LogP contribution is 2.44. The number of carbonyl (C=O) groups excluding carboxylic acids is 2. The molecule has 0 spiro atoms. The lowest BCUT2D eigenvalue weighted by Crippen LogP contribution is -2.18. The third-order valence-electron chi connectivity index (χ3n) is 3.54. The van der Waals surface area contributed by atoms with Crippen LogP contribution in [0, 0.1) is 0 Å². The summed E-state index contributed by atoms with van der Waals surface area (Å²) in [7, 11) is 0. The van der Waals surface area contributed by atoms with Crippen LogP contribution in [0.5, 0.6) is 0 Å². The number of aliphatic hydroxyl groups excluding tert-OH is 1. The van der Waals surface area contributed by atoms with E-state index in [4.69, 9.17) is 5.53 Å². The molecule has 0 bridgehead atoms. The fraction of sp³-hybridized carbons (Fsp3) is 0.500. The standard InChI is InChI=1S/C16H21N3O3S/c1-4-11(2)10-16(3)14(21)13(15(22)23-16)12(20)8-6-5-7-9-18-19-17/h4,10,21H,1,5-9H2,2-3H3/b11-10+/t16-/m1/s1. The quantitative estimate of drug-likeness (QED) is 0.168. The summed E-state index contributed by atoms with van der Waals surface area (Å²) in [6, 6.07) is 0. The Hall–Kier alpha value is -1.98. The molecule has 1 atom stereocenters. The number of allylic oxidation sites excluding steroid dienone is 2. The van der Waals surface area contributed by atoms with Gasteiger partial charge in [0.25, 0.3) is 0 Å². The molecule has 124 valence electrons. The minimum Gasteiger partial charge on any atom is -0.510 e. The fourth-order valence-electron chi connectivity index (χ4n) is 2.29. The number of unbranched alkanes of at least 4 members (excludes halogenated alkanes) is 2. The molecule has 0 saturated heterocycles. The van der Waals surface area contributed by atoms with E-state index in [9.17, 15) is 14.7 Å². The maximum absolute atomic E-state index is 12.2. The second kappa shape index (κ2) is 8.60. The zero-order chi connectivity index (χ0) is 17.5. The highest BCUT2D eigenvalue weighted by Gasteiger charge is 2.44. The average Bonchev–Trinajstić information content (AvgIpc) is 2.71. The molecule has 7 heteroatoms. The molecule has 1 aliphatic rings. The van der Waals surface area contributed by atoms with Crippen molar-refractivity contribution < 1.29 is 14.7 Å². The van der Waals surface area contributed by atoms with Crippen LogP contribution in [0.1, 0.15) is 39.5 Å². The van der Waals surface area contributed by atoms with Gasteiger partial charge in [-0.3, -0.25) is 9.59 Å². The first-order chi connectivity index (χ1) is 10.9. The van der Waals surface area contributed by atoms with Crippen molar-refractivity contribution in [3.63, 3.8) is 0 Å². The van der Waals surface area contributed by atoms with Gasteiger partial charge in [-0.25, -0.2) is 0 Å². The second-order valence-corrected chi connectivity index (χ2v) is 6.92. The third kappa shape index (κ3) is 5.01.